The van der Waals surface area contributed by atoms with Crippen LogP contribution in [0.5, 0.6) is 5.75 Å². The quantitative estimate of drug-likeness (QED) is 0.839. The van der Waals surface area contributed by atoms with Crippen LogP contribution < -0.4 is 0 Å². The lowest BCUT2D eigenvalue weighted by molar-refractivity contribution is 0.384. The van der Waals surface area contributed by atoms with Crippen molar-refractivity contribution < 1.29 is 5.11 Å². The summed E-state index contributed by atoms with van der Waals surface area (Å²) in [6.07, 6.45) is 0. The SMILES string of the molecule is Cc1c(CSC(=S)N(C)C)cc(CN(C)C)c(O)c1C.Cl. The molecule has 21 heavy (non-hydrogen) atoms. The lowest BCUT2D eigenvalue weighted by Crippen LogP contribution is -2.16. The number of nitrogens with zero attached hydrogens (tertiary/aromatic N) is 2. The van der Waals surface area contributed by atoms with Crippen molar-refractivity contribution in [1.82, 2.24) is 9.80 Å². The van der Waals surface area contributed by atoms with E-state index < -0.39 is 0 Å². The maximum atomic E-state index is 10.2. The van der Waals surface area contributed by atoms with Gasteiger partial charge in [0.25, 0.3) is 0 Å². The number of phenolic OH excluding ortho intramolecular Hbond substituents is 1. The van der Waals surface area contributed by atoms with Gasteiger partial charge in [0.1, 0.15) is 10.1 Å². The molecule has 1 rings (SSSR count). The van der Waals surface area contributed by atoms with Crippen molar-refractivity contribution in [2.45, 2.75) is 26.1 Å². The third-order valence-electron chi connectivity index (χ3n) is 3.25. The van der Waals surface area contributed by atoms with Crippen molar-refractivity contribution in [3.63, 3.8) is 0 Å². The summed E-state index contributed by atoms with van der Waals surface area (Å²) in [5.41, 5.74) is 4.34. The second-order valence-corrected chi connectivity index (χ2v) is 7.09. The van der Waals surface area contributed by atoms with Gasteiger partial charge in [0.05, 0.1) is 0 Å². The molecule has 0 atom stereocenters. The molecule has 0 spiro atoms. The minimum absolute atomic E-state index is 0. The number of aromatic hydroxyl groups is 1. The molecule has 0 amide bonds. The zero-order valence-corrected chi connectivity index (χ0v) is 16.0. The largest absolute Gasteiger partial charge is 0.507 e. The molecule has 0 heterocycles. The third kappa shape index (κ3) is 5.66. The number of hydrogen-bond donors (Lipinski definition) is 1. The predicted octanol–water partition coefficient (Wildman–Crippen LogP) is 3.57. The van der Waals surface area contributed by atoms with E-state index in [1.54, 1.807) is 11.8 Å². The summed E-state index contributed by atoms with van der Waals surface area (Å²) in [6.45, 7) is 4.77. The molecule has 0 bridgehead atoms. The number of thioether (sulfide) groups is 1. The Kier molecular flexibility index (Phi) is 8.63. The number of thiocarbonyl (C=S) groups is 1. The van der Waals surface area contributed by atoms with Gasteiger partial charge in [0, 0.05) is 32.0 Å². The van der Waals surface area contributed by atoms with Crippen LogP contribution in [0.4, 0.5) is 0 Å². The van der Waals surface area contributed by atoms with Crippen LogP contribution in [-0.4, -0.2) is 47.4 Å². The molecule has 0 unspecified atom stereocenters. The van der Waals surface area contributed by atoms with E-state index in [1.807, 2.05) is 40.0 Å². The molecule has 120 valence electrons. The van der Waals surface area contributed by atoms with E-state index in [1.165, 1.54) is 5.56 Å². The van der Waals surface area contributed by atoms with Crippen LogP contribution in [0.1, 0.15) is 22.3 Å². The van der Waals surface area contributed by atoms with Gasteiger partial charge in [0.2, 0.25) is 0 Å². The van der Waals surface area contributed by atoms with E-state index in [4.69, 9.17) is 12.2 Å². The van der Waals surface area contributed by atoms with Crippen molar-refractivity contribution in [3.05, 3.63) is 28.3 Å². The molecule has 1 aromatic rings. The van der Waals surface area contributed by atoms with Crippen molar-refractivity contribution in [2.75, 3.05) is 28.2 Å². The average Bonchev–Trinajstić information content (AvgIpc) is 2.37. The molecule has 0 radical (unpaired) electrons. The lowest BCUT2D eigenvalue weighted by Gasteiger charge is -2.18. The van der Waals surface area contributed by atoms with Crippen molar-refractivity contribution in [2.24, 2.45) is 0 Å². The monoisotopic (exact) mass is 348 g/mol. The van der Waals surface area contributed by atoms with Gasteiger partial charge in [0.15, 0.2) is 0 Å². The van der Waals surface area contributed by atoms with Gasteiger partial charge in [-0.15, -0.1) is 12.4 Å². The van der Waals surface area contributed by atoms with E-state index in [0.29, 0.717) is 5.75 Å². The maximum absolute atomic E-state index is 10.2. The molecule has 6 heteroatoms. The predicted molar refractivity (Wildman–Crippen MR) is 99.8 cm³/mol. The molecule has 0 aliphatic rings. The molecule has 0 saturated heterocycles. The Balaban J connectivity index is 0.00000400. The first-order chi connectivity index (χ1) is 9.23. The van der Waals surface area contributed by atoms with E-state index in [-0.39, 0.29) is 12.4 Å². The molecule has 1 aromatic carbocycles. The molecular formula is C15H25ClN2OS2. The Morgan fingerprint density at radius 1 is 1.14 bits per heavy atom. The highest BCUT2D eigenvalue weighted by Crippen LogP contribution is 2.31. The molecule has 0 aromatic heterocycles. The normalized spacial score (nSPS) is 10.4. The van der Waals surface area contributed by atoms with Gasteiger partial charge < -0.3 is 14.9 Å². The van der Waals surface area contributed by atoms with Gasteiger partial charge in [-0.2, -0.15) is 0 Å². The molecule has 3 nitrogen and oxygen atoms in total. The summed E-state index contributed by atoms with van der Waals surface area (Å²) in [6, 6.07) is 2.10. The van der Waals surface area contributed by atoms with Crippen LogP contribution in [-0.2, 0) is 12.3 Å². The topological polar surface area (TPSA) is 26.7 Å². The smallest absolute Gasteiger partial charge is 0.136 e. The summed E-state index contributed by atoms with van der Waals surface area (Å²) in [5.74, 6) is 1.25. The second kappa shape index (κ2) is 8.83. The fraction of sp³-hybridized carbons (Fsp3) is 0.533. The first-order valence-corrected chi connectivity index (χ1v) is 7.93. The number of halogens is 1. The average molecular weight is 349 g/mol. The van der Waals surface area contributed by atoms with E-state index in [2.05, 4.69) is 17.9 Å². The summed E-state index contributed by atoms with van der Waals surface area (Å²) >= 11 is 6.97. The Morgan fingerprint density at radius 2 is 1.71 bits per heavy atom. The molecule has 0 aliphatic heterocycles. The van der Waals surface area contributed by atoms with Gasteiger partial charge in [-0.25, -0.2) is 0 Å². The zero-order valence-electron chi connectivity index (χ0n) is 13.6. The molecule has 0 aliphatic carbocycles. The van der Waals surface area contributed by atoms with Crippen molar-refractivity contribution >= 4 is 40.7 Å². The van der Waals surface area contributed by atoms with E-state index in [0.717, 1.165) is 33.3 Å². The van der Waals surface area contributed by atoms with Crippen LogP contribution in [0.15, 0.2) is 6.07 Å². The van der Waals surface area contributed by atoms with Gasteiger partial charge in [-0.05, 0) is 50.7 Å². The van der Waals surface area contributed by atoms with E-state index >= 15 is 0 Å². The Hall–Kier alpha value is -0.490. The first kappa shape index (κ1) is 20.5. The van der Waals surface area contributed by atoms with E-state index in [9.17, 15) is 5.11 Å². The number of hydrogen-bond acceptors (Lipinski definition) is 4. The van der Waals surface area contributed by atoms with Crippen molar-refractivity contribution in [1.29, 1.82) is 0 Å². The van der Waals surface area contributed by atoms with Crippen LogP contribution in [0.3, 0.4) is 0 Å². The summed E-state index contributed by atoms with van der Waals surface area (Å²) in [5, 5.41) is 10.2. The standard InChI is InChI=1S/C15H24N2OS2.ClH/c1-10-11(2)14(18)12(8-16(3)4)7-13(10)9-20-15(19)17(5)6;/h7,18H,8-9H2,1-6H3;1H. The highest BCUT2D eigenvalue weighted by Gasteiger charge is 2.13. The molecular weight excluding hydrogens is 324 g/mol. The number of phenols is 1. The summed E-state index contributed by atoms with van der Waals surface area (Å²) < 4.78 is 0.879. The Bertz CT molecular complexity index is 505. The van der Waals surface area contributed by atoms with Crippen LogP contribution >= 0.6 is 36.4 Å². The summed E-state index contributed by atoms with van der Waals surface area (Å²) in [7, 11) is 7.93. The van der Waals surface area contributed by atoms with Crippen molar-refractivity contribution in [3.8, 4) is 5.75 Å². The molecule has 0 fully saturated rings. The second-order valence-electron chi connectivity index (χ2n) is 5.48. The lowest BCUT2D eigenvalue weighted by atomic mass is 9.99. The van der Waals surface area contributed by atoms with Gasteiger partial charge in [-0.1, -0.05) is 24.0 Å². The zero-order chi connectivity index (χ0) is 15.4. The fourth-order valence-corrected chi connectivity index (χ4v) is 2.94. The fourth-order valence-electron chi connectivity index (χ4n) is 1.93. The third-order valence-corrected chi connectivity index (χ3v) is 5.04. The minimum atomic E-state index is 0. The molecule has 1 N–H and O–H groups in total. The minimum Gasteiger partial charge on any atom is -0.507 e. The van der Waals surface area contributed by atoms with Gasteiger partial charge >= 0.3 is 0 Å². The van der Waals surface area contributed by atoms with Crippen LogP contribution in [0.25, 0.3) is 0 Å². The highest BCUT2D eigenvalue weighted by atomic mass is 35.5. The summed E-state index contributed by atoms with van der Waals surface area (Å²) in [4.78, 5) is 4.01. The number of benzene rings is 1. The van der Waals surface area contributed by atoms with Crippen LogP contribution in [0.2, 0.25) is 0 Å². The van der Waals surface area contributed by atoms with Gasteiger partial charge in [-0.3, -0.25) is 0 Å². The maximum Gasteiger partial charge on any atom is 0.136 e. The first-order valence-electron chi connectivity index (χ1n) is 6.53. The Morgan fingerprint density at radius 3 is 2.19 bits per heavy atom. The van der Waals surface area contributed by atoms with Crippen LogP contribution in [0, 0.1) is 13.8 Å². The highest BCUT2D eigenvalue weighted by molar-refractivity contribution is 8.22. The molecule has 0 saturated carbocycles. The number of rotatable bonds is 4. The Labute approximate surface area is 144 Å².